The summed E-state index contributed by atoms with van der Waals surface area (Å²) in [5, 5.41) is 2.86. The highest BCUT2D eigenvalue weighted by atomic mass is 32.2. The van der Waals surface area contributed by atoms with E-state index in [0.29, 0.717) is 18.4 Å². The molecule has 96 valence electrons. The van der Waals surface area contributed by atoms with Crippen LogP contribution < -0.4 is 10.0 Å². The molecule has 1 fully saturated rings. The molecule has 1 saturated carbocycles. The first kappa shape index (κ1) is 13.9. The largest absolute Gasteiger partial charge is 0.319 e. The molecule has 1 aliphatic rings. The molecule has 1 aliphatic carbocycles. The van der Waals surface area contributed by atoms with Crippen LogP contribution in [0.4, 0.5) is 0 Å². The molecule has 0 saturated heterocycles. The zero-order valence-corrected chi connectivity index (χ0v) is 11.3. The Morgan fingerprint density at radius 2 is 1.94 bits per heavy atom. The van der Waals surface area contributed by atoms with Crippen molar-refractivity contribution in [3.8, 4) is 0 Å². The van der Waals surface area contributed by atoms with Gasteiger partial charge in [-0.05, 0) is 25.3 Å². The number of rotatable bonds is 5. The Labute approximate surface area is 99.2 Å². The van der Waals surface area contributed by atoms with E-state index in [1.807, 2.05) is 0 Å². The Kier molecular flexibility index (Phi) is 5.21. The van der Waals surface area contributed by atoms with Gasteiger partial charge in [-0.15, -0.1) is 0 Å². The van der Waals surface area contributed by atoms with Crippen LogP contribution >= 0.6 is 0 Å². The second kappa shape index (κ2) is 5.98. The summed E-state index contributed by atoms with van der Waals surface area (Å²) >= 11 is 0. The monoisotopic (exact) mass is 248 g/mol. The smallest absolute Gasteiger partial charge is 0.213 e. The molecule has 0 aromatic carbocycles. The molecule has 0 aromatic rings. The standard InChI is InChI=1S/C11H24N2O2S/c1-9-5-4-6-11(10(9)2)13-16(14,15)8-7-12-3/h9-13H,4-8H2,1-3H3. The van der Waals surface area contributed by atoms with Gasteiger partial charge in [-0.3, -0.25) is 0 Å². The maximum Gasteiger partial charge on any atom is 0.213 e. The van der Waals surface area contributed by atoms with Crippen molar-refractivity contribution in [1.29, 1.82) is 0 Å². The van der Waals surface area contributed by atoms with E-state index in [9.17, 15) is 8.42 Å². The maximum absolute atomic E-state index is 11.8. The second-order valence-electron chi connectivity index (χ2n) is 4.91. The zero-order chi connectivity index (χ0) is 12.2. The Morgan fingerprint density at radius 1 is 1.25 bits per heavy atom. The number of hydrogen-bond acceptors (Lipinski definition) is 3. The first-order valence-electron chi connectivity index (χ1n) is 6.11. The van der Waals surface area contributed by atoms with E-state index in [0.717, 1.165) is 12.8 Å². The van der Waals surface area contributed by atoms with Gasteiger partial charge in [-0.25, -0.2) is 13.1 Å². The van der Waals surface area contributed by atoms with Crippen LogP contribution in [0.15, 0.2) is 0 Å². The topological polar surface area (TPSA) is 58.2 Å². The van der Waals surface area contributed by atoms with Gasteiger partial charge in [0, 0.05) is 12.6 Å². The highest BCUT2D eigenvalue weighted by molar-refractivity contribution is 7.89. The molecular weight excluding hydrogens is 224 g/mol. The number of hydrogen-bond donors (Lipinski definition) is 2. The van der Waals surface area contributed by atoms with Crippen LogP contribution in [0.2, 0.25) is 0 Å². The quantitative estimate of drug-likeness (QED) is 0.761. The van der Waals surface area contributed by atoms with Crippen molar-refractivity contribution < 1.29 is 8.42 Å². The molecule has 16 heavy (non-hydrogen) atoms. The average molecular weight is 248 g/mol. The number of nitrogens with one attached hydrogen (secondary N) is 2. The molecule has 1 rings (SSSR count). The van der Waals surface area contributed by atoms with Gasteiger partial charge in [-0.1, -0.05) is 26.7 Å². The lowest BCUT2D eigenvalue weighted by molar-refractivity contribution is 0.227. The van der Waals surface area contributed by atoms with Crippen molar-refractivity contribution in [2.45, 2.75) is 39.2 Å². The zero-order valence-electron chi connectivity index (χ0n) is 10.5. The molecule has 0 aromatic heterocycles. The third-order valence-corrected chi connectivity index (χ3v) is 5.06. The van der Waals surface area contributed by atoms with Gasteiger partial charge in [-0.2, -0.15) is 0 Å². The van der Waals surface area contributed by atoms with Crippen LogP contribution in [0.25, 0.3) is 0 Å². The molecule has 4 nitrogen and oxygen atoms in total. The van der Waals surface area contributed by atoms with E-state index < -0.39 is 10.0 Å². The number of sulfonamides is 1. The Balaban J connectivity index is 2.52. The van der Waals surface area contributed by atoms with Crippen LogP contribution in [0.1, 0.15) is 33.1 Å². The Morgan fingerprint density at radius 3 is 2.56 bits per heavy atom. The van der Waals surface area contributed by atoms with Crippen LogP contribution in [0, 0.1) is 11.8 Å². The van der Waals surface area contributed by atoms with Crippen molar-refractivity contribution in [3.63, 3.8) is 0 Å². The summed E-state index contributed by atoms with van der Waals surface area (Å²) in [5.41, 5.74) is 0. The van der Waals surface area contributed by atoms with Gasteiger partial charge in [0.2, 0.25) is 10.0 Å². The lowest BCUT2D eigenvalue weighted by Crippen LogP contribution is -2.45. The van der Waals surface area contributed by atoms with Gasteiger partial charge in [0.1, 0.15) is 0 Å². The predicted molar refractivity (Wildman–Crippen MR) is 66.8 cm³/mol. The van der Waals surface area contributed by atoms with Gasteiger partial charge in [0.25, 0.3) is 0 Å². The molecule has 0 bridgehead atoms. The van der Waals surface area contributed by atoms with Crippen LogP contribution in [-0.4, -0.2) is 33.8 Å². The fourth-order valence-electron chi connectivity index (χ4n) is 2.27. The molecular formula is C11H24N2O2S. The highest BCUT2D eigenvalue weighted by Gasteiger charge is 2.29. The molecule has 0 aliphatic heterocycles. The van der Waals surface area contributed by atoms with E-state index in [1.54, 1.807) is 7.05 Å². The van der Waals surface area contributed by atoms with Crippen molar-refractivity contribution in [3.05, 3.63) is 0 Å². The van der Waals surface area contributed by atoms with Crippen molar-refractivity contribution in [2.24, 2.45) is 11.8 Å². The molecule has 0 amide bonds. The average Bonchev–Trinajstić information content (AvgIpc) is 2.22. The summed E-state index contributed by atoms with van der Waals surface area (Å²) in [5.74, 6) is 1.23. The minimum atomic E-state index is -3.11. The minimum absolute atomic E-state index is 0.130. The van der Waals surface area contributed by atoms with Crippen molar-refractivity contribution in [2.75, 3.05) is 19.3 Å². The van der Waals surface area contributed by atoms with Crippen LogP contribution in [-0.2, 0) is 10.0 Å². The summed E-state index contributed by atoms with van der Waals surface area (Å²) in [6.45, 7) is 4.86. The van der Waals surface area contributed by atoms with Crippen LogP contribution in [0.3, 0.4) is 0 Å². The highest BCUT2D eigenvalue weighted by Crippen LogP contribution is 2.29. The lowest BCUT2D eigenvalue weighted by Gasteiger charge is -2.34. The molecule has 5 heteroatoms. The van der Waals surface area contributed by atoms with Crippen molar-refractivity contribution >= 4 is 10.0 Å². The summed E-state index contributed by atoms with van der Waals surface area (Å²) in [6, 6.07) is 0.130. The van der Waals surface area contributed by atoms with E-state index in [1.165, 1.54) is 6.42 Å². The minimum Gasteiger partial charge on any atom is -0.319 e. The predicted octanol–water partition coefficient (Wildman–Crippen LogP) is 0.950. The van der Waals surface area contributed by atoms with E-state index in [2.05, 4.69) is 23.9 Å². The molecule has 0 heterocycles. The molecule has 2 N–H and O–H groups in total. The van der Waals surface area contributed by atoms with Crippen LogP contribution in [0.5, 0.6) is 0 Å². The summed E-state index contributed by atoms with van der Waals surface area (Å²) in [6.07, 6.45) is 3.32. The Hall–Kier alpha value is -0.130. The van der Waals surface area contributed by atoms with Gasteiger partial charge in [0.05, 0.1) is 5.75 Å². The second-order valence-corrected chi connectivity index (χ2v) is 6.79. The Bertz CT molecular complexity index is 303. The van der Waals surface area contributed by atoms with E-state index in [-0.39, 0.29) is 11.8 Å². The first-order valence-corrected chi connectivity index (χ1v) is 7.76. The normalized spacial score (nSPS) is 31.6. The molecule has 0 radical (unpaired) electrons. The summed E-state index contributed by atoms with van der Waals surface area (Å²) < 4.78 is 26.4. The maximum atomic E-state index is 11.8. The molecule has 0 spiro atoms. The third kappa shape index (κ3) is 4.03. The van der Waals surface area contributed by atoms with Crippen molar-refractivity contribution in [1.82, 2.24) is 10.0 Å². The first-order chi connectivity index (χ1) is 7.46. The fourth-order valence-corrected chi connectivity index (χ4v) is 3.66. The summed E-state index contributed by atoms with van der Waals surface area (Å²) in [4.78, 5) is 0. The SMILES string of the molecule is CNCCS(=O)(=O)NC1CCCC(C)C1C. The lowest BCUT2D eigenvalue weighted by atomic mass is 9.78. The van der Waals surface area contributed by atoms with Gasteiger partial charge >= 0.3 is 0 Å². The molecule has 3 unspecified atom stereocenters. The third-order valence-electron chi connectivity index (χ3n) is 3.66. The van der Waals surface area contributed by atoms with Gasteiger partial charge < -0.3 is 5.32 Å². The molecule has 3 atom stereocenters. The fraction of sp³-hybridized carbons (Fsp3) is 1.00. The van der Waals surface area contributed by atoms with Gasteiger partial charge in [0.15, 0.2) is 0 Å². The van der Waals surface area contributed by atoms with E-state index in [4.69, 9.17) is 0 Å². The summed E-state index contributed by atoms with van der Waals surface area (Å²) in [7, 11) is -1.35. The van der Waals surface area contributed by atoms with E-state index >= 15 is 0 Å².